The Bertz CT molecular complexity index is 545. The summed E-state index contributed by atoms with van der Waals surface area (Å²) in [4.78, 5) is 15.0. The Kier molecular flexibility index (Phi) is 5.25. The second-order valence-corrected chi connectivity index (χ2v) is 5.70. The Morgan fingerprint density at radius 2 is 2.16 bits per heavy atom. The van der Waals surface area contributed by atoms with E-state index in [1.54, 1.807) is 25.1 Å². The van der Waals surface area contributed by atoms with Crippen LogP contribution in [0.25, 0.3) is 0 Å². The molecular formula is C11H17N3O4S. The highest BCUT2D eigenvalue weighted by molar-refractivity contribution is 7.90. The van der Waals surface area contributed by atoms with Gasteiger partial charge in [0, 0.05) is 19.3 Å². The number of rotatable bonds is 6. The van der Waals surface area contributed by atoms with Crippen molar-refractivity contribution < 1.29 is 17.9 Å². The van der Waals surface area contributed by atoms with Gasteiger partial charge in [-0.2, -0.15) is 12.7 Å². The monoisotopic (exact) mass is 287 g/mol. The predicted molar refractivity (Wildman–Crippen MR) is 70.8 cm³/mol. The maximum atomic E-state index is 11.9. The van der Waals surface area contributed by atoms with E-state index in [1.807, 2.05) is 0 Å². The van der Waals surface area contributed by atoms with Gasteiger partial charge >= 0.3 is 16.2 Å². The maximum Gasteiger partial charge on any atom is 0.306 e. The van der Waals surface area contributed by atoms with E-state index in [0.717, 1.165) is 4.31 Å². The summed E-state index contributed by atoms with van der Waals surface area (Å²) in [6.45, 7) is 1.80. The lowest BCUT2D eigenvalue weighted by molar-refractivity contribution is -0.140. The van der Waals surface area contributed by atoms with E-state index in [0.29, 0.717) is 5.69 Å². The van der Waals surface area contributed by atoms with Gasteiger partial charge in [-0.15, -0.1) is 0 Å². The van der Waals surface area contributed by atoms with Crippen LogP contribution in [0, 0.1) is 6.92 Å². The fourth-order valence-electron chi connectivity index (χ4n) is 1.28. The van der Waals surface area contributed by atoms with Crippen LogP contribution in [0.5, 0.6) is 0 Å². The zero-order chi connectivity index (χ0) is 14.5. The van der Waals surface area contributed by atoms with Gasteiger partial charge in [-0.25, -0.2) is 4.98 Å². The molecule has 1 N–H and O–H groups in total. The molecule has 0 aliphatic rings. The van der Waals surface area contributed by atoms with E-state index in [-0.39, 0.29) is 18.8 Å². The van der Waals surface area contributed by atoms with Crippen LogP contribution in [0.4, 0.5) is 5.82 Å². The number of aryl methyl sites for hydroxylation is 1. The summed E-state index contributed by atoms with van der Waals surface area (Å²) in [5.41, 5.74) is 0.706. The second-order valence-electron chi connectivity index (χ2n) is 3.92. The first-order valence-corrected chi connectivity index (χ1v) is 7.03. The van der Waals surface area contributed by atoms with Crippen molar-refractivity contribution in [2.75, 3.05) is 25.4 Å². The molecule has 1 aromatic rings. The largest absolute Gasteiger partial charge is 0.469 e. The Balaban J connectivity index is 2.67. The van der Waals surface area contributed by atoms with Crippen molar-refractivity contribution in [3.63, 3.8) is 0 Å². The summed E-state index contributed by atoms with van der Waals surface area (Å²) >= 11 is 0. The molecule has 1 rings (SSSR count). The highest BCUT2D eigenvalue weighted by atomic mass is 32.2. The summed E-state index contributed by atoms with van der Waals surface area (Å²) in [6.07, 6.45) is -0.00481. The quantitative estimate of drug-likeness (QED) is 0.771. The molecule has 1 aromatic heterocycles. The molecule has 106 valence electrons. The summed E-state index contributed by atoms with van der Waals surface area (Å²) in [7, 11) is -1.09. The van der Waals surface area contributed by atoms with E-state index >= 15 is 0 Å². The molecule has 0 fully saturated rings. The van der Waals surface area contributed by atoms with Gasteiger partial charge in [0.25, 0.3) is 0 Å². The van der Waals surface area contributed by atoms with Crippen molar-refractivity contribution in [1.82, 2.24) is 9.29 Å². The standard InChI is InChI=1S/C11H17N3O4S/c1-9-5-4-6-10(12-9)13-19(16,17)14(2)8-7-11(15)18-3/h4-6H,7-8H2,1-3H3,(H,12,13). The fourth-order valence-corrected chi connectivity index (χ4v) is 2.15. The zero-order valence-corrected chi connectivity index (χ0v) is 11.9. The van der Waals surface area contributed by atoms with Crippen molar-refractivity contribution in [3.05, 3.63) is 23.9 Å². The summed E-state index contributed by atoms with van der Waals surface area (Å²) in [5, 5.41) is 0. The zero-order valence-electron chi connectivity index (χ0n) is 11.1. The van der Waals surface area contributed by atoms with Crippen LogP contribution in [0.1, 0.15) is 12.1 Å². The molecule has 0 radical (unpaired) electrons. The van der Waals surface area contributed by atoms with Gasteiger partial charge in [-0.05, 0) is 19.1 Å². The molecule has 0 bridgehead atoms. The number of methoxy groups -OCH3 is 1. The molecule has 0 aliphatic carbocycles. The molecule has 0 amide bonds. The smallest absolute Gasteiger partial charge is 0.306 e. The summed E-state index contributed by atoms with van der Waals surface area (Å²) < 4.78 is 31.7. The molecule has 19 heavy (non-hydrogen) atoms. The number of carbonyl (C=O) groups excluding carboxylic acids is 1. The van der Waals surface area contributed by atoms with Crippen LogP contribution < -0.4 is 4.72 Å². The molecule has 0 unspecified atom stereocenters. The third-order valence-corrected chi connectivity index (χ3v) is 3.86. The van der Waals surface area contributed by atoms with Crippen molar-refractivity contribution in [1.29, 1.82) is 0 Å². The van der Waals surface area contributed by atoms with Crippen LogP contribution in [-0.4, -0.2) is 44.4 Å². The highest BCUT2D eigenvalue weighted by Crippen LogP contribution is 2.08. The van der Waals surface area contributed by atoms with E-state index in [4.69, 9.17) is 0 Å². The van der Waals surface area contributed by atoms with E-state index in [1.165, 1.54) is 14.2 Å². The summed E-state index contributed by atoms with van der Waals surface area (Å²) in [6, 6.07) is 5.02. The molecule has 0 atom stereocenters. The number of anilines is 1. The third-order valence-electron chi connectivity index (χ3n) is 2.39. The maximum absolute atomic E-state index is 11.9. The molecule has 8 heteroatoms. The third kappa shape index (κ3) is 4.84. The van der Waals surface area contributed by atoms with E-state index in [2.05, 4.69) is 14.4 Å². The topological polar surface area (TPSA) is 88.6 Å². The molecule has 0 aliphatic heterocycles. The number of carbonyl (C=O) groups is 1. The molecular weight excluding hydrogens is 270 g/mol. The lowest BCUT2D eigenvalue weighted by atomic mass is 10.4. The van der Waals surface area contributed by atoms with Gasteiger partial charge in [0.1, 0.15) is 5.82 Å². The number of esters is 1. The van der Waals surface area contributed by atoms with E-state index < -0.39 is 16.2 Å². The lowest BCUT2D eigenvalue weighted by Gasteiger charge is -2.17. The van der Waals surface area contributed by atoms with Gasteiger partial charge < -0.3 is 4.74 Å². The summed E-state index contributed by atoms with van der Waals surface area (Å²) in [5.74, 6) is -0.222. The van der Waals surface area contributed by atoms with Gasteiger partial charge in [0.15, 0.2) is 0 Å². The van der Waals surface area contributed by atoms with Crippen molar-refractivity contribution in [2.45, 2.75) is 13.3 Å². The van der Waals surface area contributed by atoms with Gasteiger partial charge in [-0.1, -0.05) is 6.07 Å². The van der Waals surface area contributed by atoms with Crippen molar-refractivity contribution >= 4 is 22.0 Å². The number of nitrogens with zero attached hydrogens (tertiary/aromatic N) is 2. The molecule has 0 aromatic carbocycles. The Morgan fingerprint density at radius 3 is 2.74 bits per heavy atom. The van der Waals surface area contributed by atoms with Gasteiger partial charge in [0.05, 0.1) is 13.5 Å². The SMILES string of the molecule is COC(=O)CCN(C)S(=O)(=O)Nc1cccc(C)n1. The normalized spacial score (nSPS) is 11.4. The van der Waals surface area contributed by atoms with Crippen LogP contribution in [-0.2, 0) is 19.7 Å². The number of nitrogens with one attached hydrogen (secondary N) is 1. The first kappa shape index (κ1) is 15.4. The van der Waals surface area contributed by atoms with Crippen LogP contribution >= 0.6 is 0 Å². The minimum Gasteiger partial charge on any atom is -0.469 e. The molecule has 0 saturated carbocycles. The fraction of sp³-hybridized carbons (Fsp3) is 0.455. The Hall–Kier alpha value is -1.67. The number of ether oxygens (including phenoxy) is 1. The average molecular weight is 287 g/mol. The average Bonchev–Trinajstić information content (AvgIpc) is 2.34. The Morgan fingerprint density at radius 1 is 1.47 bits per heavy atom. The molecule has 0 spiro atoms. The van der Waals surface area contributed by atoms with Crippen LogP contribution in [0.3, 0.4) is 0 Å². The highest BCUT2D eigenvalue weighted by Gasteiger charge is 2.19. The number of hydrogen-bond acceptors (Lipinski definition) is 5. The van der Waals surface area contributed by atoms with Crippen LogP contribution in [0.15, 0.2) is 18.2 Å². The first-order chi connectivity index (χ1) is 8.85. The number of hydrogen-bond donors (Lipinski definition) is 1. The molecule has 7 nitrogen and oxygen atoms in total. The minimum absolute atomic E-state index is 0.00481. The van der Waals surface area contributed by atoms with Crippen molar-refractivity contribution in [2.24, 2.45) is 0 Å². The second kappa shape index (κ2) is 6.48. The first-order valence-electron chi connectivity index (χ1n) is 5.59. The molecule has 0 saturated heterocycles. The Labute approximate surface area is 112 Å². The van der Waals surface area contributed by atoms with Crippen LogP contribution in [0.2, 0.25) is 0 Å². The lowest BCUT2D eigenvalue weighted by Crippen LogP contribution is -2.34. The number of pyridine rings is 1. The van der Waals surface area contributed by atoms with E-state index in [9.17, 15) is 13.2 Å². The number of aromatic nitrogens is 1. The predicted octanol–water partition coefficient (Wildman–Crippen LogP) is 0.542. The molecule has 1 heterocycles. The van der Waals surface area contributed by atoms with Gasteiger partial charge in [0.2, 0.25) is 0 Å². The van der Waals surface area contributed by atoms with Crippen molar-refractivity contribution in [3.8, 4) is 0 Å². The van der Waals surface area contributed by atoms with Gasteiger partial charge in [-0.3, -0.25) is 9.52 Å². The minimum atomic E-state index is -3.72.